The Morgan fingerprint density at radius 1 is 1.29 bits per heavy atom. The number of hydrogen-bond acceptors (Lipinski definition) is 4. The van der Waals surface area contributed by atoms with Crippen molar-refractivity contribution in [2.45, 2.75) is 66.9 Å². The third-order valence-electron chi connectivity index (χ3n) is 4.22. The van der Waals surface area contributed by atoms with Crippen LogP contribution in [0.1, 0.15) is 69.4 Å². The van der Waals surface area contributed by atoms with Crippen LogP contribution in [0.15, 0.2) is 36.5 Å². The number of nitrogens with one attached hydrogen (secondary N) is 2. The summed E-state index contributed by atoms with van der Waals surface area (Å²) >= 11 is 1.66. The predicted octanol–water partition coefficient (Wildman–Crippen LogP) is 6.55. The predicted molar refractivity (Wildman–Crippen MR) is 122 cm³/mol. The molecule has 0 saturated heterocycles. The topological polar surface area (TPSA) is 54.1 Å². The Morgan fingerprint density at radius 2 is 1.96 bits per heavy atom. The van der Waals surface area contributed by atoms with E-state index in [2.05, 4.69) is 35.5 Å². The minimum Gasteiger partial charge on any atom is -0.463 e. The van der Waals surface area contributed by atoms with Gasteiger partial charge in [-0.25, -0.2) is 0 Å². The van der Waals surface area contributed by atoms with Crippen molar-refractivity contribution in [2.75, 3.05) is 6.54 Å². The largest absolute Gasteiger partial charge is 0.463 e. The van der Waals surface area contributed by atoms with Crippen LogP contribution in [0.5, 0.6) is 0 Å². The van der Waals surface area contributed by atoms with Gasteiger partial charge in [0.15, 0.2) is 0 Å². The number of thiophene rings is 1. The van der Waals surface area contributed by atoms with Crippen LogP contribution in [-0.2, 0) is 16.1 Å². The van der Waals surface area contributed by atoms with Gasteiger partial charge >= 0.3 is 0 Å². The second kappa shape index (κ2) is 17.1. The molecule has 0 aliphatic heterocycles. The van der Waals surface area contributed by atoms with Crippen LogP contribution in [0, 0.1) is 12.8 Å². The zero-order chi connectivity index (χ0) is 21.2. The molecule has 2 N–H and O–H groups in total. The van der Waals surface area contributed by atoms with Gasteiger partial charge < -0.3 is 15.0 Å². The van der Waals surface area contributed by atoms with Crippen molar-refractivity contribution in [2.24, 2.45) is 5.92 Å². The molecule has 0 fully saturated rings. The van der Waals surface area contributed by atoms with Crippen LogP contribution < -0.4 is 5.32 Å². The number of ether oxygens (including phenoxy) is 1. The highest BCUT2D eigenvalue weighted by Crippen LogP contribution is 2.15. The van der Waals surface area contributed by atoms with Crippen molar-refractivity contribution >= 4 is 23.5 Å². The summed E-state index contributed by atoms with van der Waals surface area (Å²) in [6, 6.07) is 4.01. The third kappa shape index (κ3) is 11.0. The molecule has 158 valence electrons. The number of hydrogen-bond donors (Lipinski definition) is 2. The third-order valence-corrected chi connectivity index (χ3v) is 5.11. The molecule has 5 heteroatoms. The Labute approximate surface area is 175 Å². The van der Waals surface area contributed by atoms with E-state index in [0.717, 1.165) is 29.3 Å². The maximum absolute atomic E-state index is 9.79. The molecule has 0 radical (unpaired) electrons. The number of H-pyrrole nitrogens is 1. The maximum atomic E-state index is 9.79. The maximum Gasteiger partial charge on any atom is 0.293 e. The molecule has 0 spiro atoms. The highest BCUT2D eigenvalue weighted by atomic mass is 32.1. The summed E-state index contributed by atoms with van der Waals surface area (Å²) in [5.41, 5.74) is 3.28. The lowest BCUT2D eigenvalue weighted by Gasteiger charge is -2.17. The fourth-order valence-corrected chi connectivity index (χ4v) is 3.45. The molecule has 0 amide bonds. The van der Waals surface area contributed by atoms with Crippen molar-refractivity contribution in [3.63, 3.8) is 0 Å². The fraction of sp³-hybridized carbons (Fsp3) is 0.522. The fourth-order valence-electron chi connectivity index (χ4n) is 2.73. The Hall–Kier alpha value is -2.01. The standard InChI is InChI=1S/C14H24N2.C7H8O2S.C2H6/c1-4-6-13(7-5-2)10-16-12(3)14-8-9-15-11-14;1-6-7(2-3-10-6)4-9-5-8;1-2/h8-9,11,13,15-16H,3-7,10H2,1-2H3;2-3,5H,4H2,1H3;1-2H3. The van der Waals surface area contributed by atoms with Crippen LogP contribution in [-0.4, -0.2) is 18.0 Å². The van der Waals surface area contributed by atoms with Gasteiger partial charge in [-0.3, -0.25) is 4.79 Å². The minimum atomic E-state index is 0.402. The SMILES string of the molecule is C=C(NCC(CCC)CCC)c1cc[nH]c1.CC.Cc1sccc1COC=O. The van der Waals surface area contributed by atoms with Crippen molar-refractivity contribution in [1.82, 2.24) is 10.3 Å². The molecule has 0 aliphatic carbocycles. The average Bonchev–Trinajstić information content (AvgIpc) is 3.39. The van der Waals surface area contributed by atoms with Crippen molar-refractivity contribution < 1.29 is 9.53 Å². The molecule has 0 atom stereocenters. The van der Waals surface area contributed by atoms with Crippen LogP contribution in [0.3, 0.4) is 0 Å². The number of rotatable bonds is 11. The summed E-state index contributed by atoms with van der Waals surface area (Å²) in [5, 5.41) is 5.43. The van der Waals surface area contributed by atoms with E-state index in [1.165, 1.54) is 30.6 Å². The molecule has 2 aromatic heterocycles. The number of aromatic nitrogens is 1. The van der Waals surface area contributed by atoms with E-state index in [1.807, 2.05) is 50.7 Å². The van der Waals surface area contributed by atoms with Gasteiger partial charge in [0, 0.05) is 40.6 Å². The van der Waals surface area contributed by atoms with E-state index in [-0.39, 0.29) is 0 Å². The Kier molecular flexibility index (Phi) is 15.9. The first-order chi connectivity index (χ1) is 13.6. The lowest BCUT2D eigenvalue weighted by molar-refractivity contribution is -0.129. The number of aromatic amines is 1. The van der Waals surface area contributed by atoms with Crippen molar-refractivity contribution in [3.05, 3.63) is 52.5 Å². The van der Waals surface area contributed by atoms with Gasteiger partial charge in [0.1, 0.15) is 6.61 Å². The second-order valence-corrected chi connectivity index (χ2v) is 7.43. The summed E-state index contributed by atoms with van der Waals surface area (Å²) < 4.78 is 4.58. The number of carbonyl (C=O) groups excluding carboxylic acids is 1. The van der Waals surface area contributed by atoms with Gasteiger partial charge in [0.2, 0.25) is 0 Å². The normalized spacial score (nSPS) is 9.64. The first-order valence-electron chi connectivity index (χ1n) is 10.3. The second-order valence-electron chi connectivity index (χ2n) is 6.31. The quantitative estimate of drug-likeness (QED) is 0.416. The van der Waals surface area contributed by atoms with Gasteiger partial charge in [-0.15, -0.1) is 11.3 Å². The molecular formula is C23H38N2O2S. The summed E-state index contributed by atoms with van der Waals surface area (Å²) in [7, 11) is 0. The molecule has 28 heavy (non-hydrogen) atoms. The van der Waals surface area contributed by atoms with Gasteiger partial charge in [0.25, 0.3) is 6.47 Å². The minimum absolute atomic E-state index is 0.402. The molecule has 0 unspecified atom stereocenters. The van der Waals surface area contributed by atoms with Gasteiger partial charge in [0.05, 0.1) is 0 Å². The molecule has 0 aromatic carbocycles. The Morgan fingerprint density at radius 3 is 2.43 bits per heavy atom. The van der Waals surface area contributed by atoms with Crippen LogP contribution in [0.4, 0.5) is 0 Å². The monoisotopic (exact) mass is 406 g/mol. The molecular weight excluding hydrogens is 368 g/mol. The lowest BCUT2D eigenvalue weighted by Crippen LogP contribution is -2.21. The van der Waals surface area contributed by atoms with E-state index in [1.54, 1.807) is 11.3 Å². The summed E-state index contributed by atoms with van der Waals surface area (Å²) in [5.74, 6) is 0.783. The molecule has 2 rings (SSSR count). The summed E-state index contributed by atoms with van der Waals surface area (Å²) in [4.78, 5) is 14.1. The van der Waals surface area contributed by atoms with Gasteiger partial charge in [-0.1, -0.05) is 47.1 Å². The number of aryl methyl sites for hydroxylation is 1. The van der Waals surface area contributed by atoms with Crippen molar-refractivity contribution in [1.29, 1.82) is 0 Å². The Balaban J connectivity index is 0.000000520. The van der Waals surface area contributed by atoms with Crippen LogP contribution in [0.2, 0.25) is 0 Å². The van der Waals surface area contributed by atoms with Crippen molar-refractivity contribution in [3.8, 4) is 0 Å². The van der Waals surface area contributed by atoms with E-state index in [0.29, 0.717) is 13.1 Å². The molecule has 0 bridgehead atoms. The molecule has 0 aliphatic rings. The first-order valence-corrected chi connectivity index (χ1v) is 11.1. The van der Waals surface area contributed by atoms with E-state index in [4.69, 9.17) is 0 Å². The zero-order valence-corrected chi connectivity index (χ0v) is 19.0. The lowest BCUT2D eigenvalue weighted by atomic mass is 9.98. The Bertz CT molecular complexity index is 614. The highest BCUT2D eigenvalue weighted by Gasteiger charge is 2.07. The average molecular weight is 407 g/mol. The first kappa shape index (κ1) is 26.0. The molecule has 2 heterocycles. The highest BCUT2D eigenvalue weighted by molar-refractivity contribution is 7.10. The van der Waals surface area contributed by atoms with Gasteiger partial charge in [-0.2, -0.15) is 0 Å². The van der Waals surface area contributed by atoms with Gasteiger partial charge in [-0.05, 0) is 43.2 Å². The molecule has 2 aromatic rings. The molecule has 4 nitrogen and oxygen atoms in total. The van der Waals surface area contributed by atoms with E-state index >= 15 is 0 Å². The van der Waals surface area contributed by atoms with Crippen LogP contribution in [0.25, 0.3) is 5.70 Å². The summed E-state index contributed by atoms with van der Waals surface area (Å²) in [6.45, 7) is 16.5. The van der Waals surface area contributed by atoms with Crippen LogP contribution >= 0.6 is 11.3 Å². The number of carbonyl (C=O) groups is 1. The summed E-state index contributed by atoms with van der Waals surface area (Å²) in [6.07, 6.45) is 9.05. The van der Waals surface area contributed by atoms with E-state index < -0.39 is 0 Å². The molecule has 0 saturated carbocycles. The van der Waals surface area contributed by atoms with E-state index in [9.17, 15) is 4.79 Å². The zero-order valence-electron chi connectivity index (χ0n) is 18.2. The smallest absolute Gasteiger partial charge is 0.293 e.